The molecule has 3 nitrogen and oxygen atoms in total. The highest BCUT2D eigenvalue weighted by Crippen LogP contribution is 2.30. The molecule has 0 heterocycles. The van der Waals surface area contributed by atoms with E-state index in [2.05, 4.69) is 70.1 Å². The molecule has 26 heavy (non-hydrogen) atoms. The lowest BCUT2D eigenvalue weighted by Crippen LogP contribution is -2.38. The molecule has 0 radical (unpaired) electrons. The lowest BCUT2D eigenvalue weighted by Gasteiger charge is -2.30. The van der Waals surface area contributed by atoms with E-state index in [1.165, 1.54) is 0 Å². The molecule has 2 rings (SSSR count). The van der Waals surface area contributed by atoms with Gasteiger partial charge in [0.1, 0.15) is 0 Å². The number of para-hydroxylation sites is 1. The van der Waals surface area contributed by atoms with Crippen molar-refractivity contribution >= 4 is 11.6 Å². The lowest BCUT2D eigenvalue weighted by atomic mass is 9.94. The second kappa shape index (κ2) is 9.54. The average Bonchev–Trinajstić information content (AvgIpc) is 2.61. The SMILES string of the molecule is CCC(C(=O)N(CCCN(C)C)c1c(C)cccc1C)c1ccccc1. The van der Waals surface area contributed by atoms with Gasteiger partial charge in [-0.25, -0.2) is 0 Å². The van der Waals surface area contributed by atoms with Crippen molar-refractivity contribution < 1.29 is 4.79 Å². The van der Waals surface area contributed by atoms with Crippen LogP contribution in [0.2, 0.25) is 0 Å². The maximum absolute atomic E-state index is 13.6. The number of carbonyl (C=O) groups is 1. The summed E-state index contributed by atoms with van der Waals surface area (Å²) in [6, 6.07) is 16.4. The number of carbonyl (C=O) groups excluding carboxylic acids is 1. The summed E-state index contributed by atoms with van der Waals surface area (Å²) in [6.45, 7) is 8.00. The van der Waals surface area contributed by atoms with Gasteiger partial charge in [0, 0.05) is 12.2 Å². The van der Waals surface area contributed by atoms with E-state index in [-0.39, 0.29) is 11.8 Å². The van der Waals surface area contributed by atoms with E-state index >= 15 is 0 Å². The number of benzene rings is 2. The quantitative estimate of drug-likeness (QED) is 0.682. The minimum absolute atomic E-state index is 0.102. The molecule has 140 valence electrons. The molecule has 1 unspecified atom stereocenters. The van der Waals surface area contributed by atoms with Crippen molar-refractivity contribution in [3.05, 3.63) is 65.2 Å². The van der Waals surface area contributed by atoms with Gasteiger partial charge in [0.25, 0.3) is 0 Å². The zero-order valence-electron chi connectivity index (χ0n) is 16.8. The van der Waals surface area contributed by atoms with E-state index in [4.69, 9.17) is 0 Å². The molecule has 3 heteroatoms. The highest BCUT2D eigenvalue weighted by Gasteiger charge is 2.27. The molecule has 0 N–H and O–H groups in total. The lowest BCUT2D eigenvalue weighted by molar-refractivity contribution is -0.120. The van der Waals surface area contributed by atoms with Crippen molar-refractivity contribution in [3.63, 3.8) is 0 Å². The predicted molar refractivity (Wildman–Crippen MR) is 111 cm³/mol. The third-order valence-electron chi connectivity index (χ3n) is 4.87. The maximum Gasteiger partial charge on any atom is 0.234 e. The van der Waals surface area contributed by atoms with Crippen LogP contribution in [0.4, 0.5) is 5.69 Å². The van der Waals surface area contributed by atoms with Gasteiger partial charge in [-0.05, 0) is 64.0 Å². The Balaban J connectivity index is 2.37. The van der Waals surface area contributed by atoms with Crippen LogP contribution in [0.15, 0.2) is 48.5 Å². The summed E-state index contributed by atoms with van der Waals surface area (Å²) in [5.41, 5.74) is 4.49. The second-order valence-corrected chi connectivity index (χ2v) is 7.26. The monoisotopic (exact) mass is 352 g/mol. The first kappa shape index (κ1) is 20.2. The summed E-state index contributed by atoms with van der Waals surface area (Å²) >= 11 is 0. The third-order valence-corrected chi connectivity index (χ3v) is 4.87. The van der Waals surface area contributed by atoms with Crippen LogP contribution < -0.4 is 4.90 Å². The highest BCUT2D eigenvalue weighted by molar-refractivity contribution is 5.99. The fraction of sp³-hybridized carbons (Fsp3) is 0.435. The van der Waals surface area contributed by atoms with E-state index in [0.717, 1.165) is 48.3 Å². The molecule has 0 aliphatic carbocycles. The Hall–Kier alpha value is -2.13. The van der Waals surface area contributed by atoms with E-state index in [1.54, 1.807) is 0 Å². The molecule has 0 saturated carbocycles. The zero-order chi connectivity index (χ0) is 19.1. The standard InChI is InChI=1S/C23H32N2O/c1-6-21(20-14-8-7-9-15-20)23(26)25(17-11-16-24(4)5)22-18(2)12-10-13-19(22)3/h7-10,12-15,21H,6,11,16-17H2,1-5H3. The number of rotatable bonds is 8. The van der Waals surface area contributed by atoms with Gasteiger partial charge in [-0.15, -0.1) is 0 Å². The van der Waals surface area contributed by atoms with E-state index < -0.39 is 0 Å². The smallest absolute Gasteiger partial charge is 0.234 e. The Morgan fingerprint density at radius 3 is 2.08 bits per heavy atom. The molecule has 0 fully saturated rings. The van der Waals surface area contributed by atoms with Crippen molar-refractivity contribution in [2.24, 2.45) is 0 Å². The Labute approximate surface area is 158 Å². The van der Waals surface area contributed by atoms with Crippen molar-refractivity contribution in [2.45, 2.75) is 39.5 Å². The van der Waals surface area contributed by atoms with Crippen LogP contribution in [0.25, 0.3) is 0 Å². The Morgan fingerprint density at radius 2 is 1.54 bits per heavy atom. The Kier molecular flexibility index (Phi) is 7.40. The molecule has 0 saturated heterocycles. The van der Waals surface area contributed by atoms with E-state index in [1.807, 2.05) is 23.1 Å². The van der Waals surface area contributed by atoms with Crippen molar-refractivity contribution in [1.82, 2.24) is 4.90 Å². The van der Waals surface area contributed by atoms with Gasteiger partial charge in [-0.3, -0.25) is 4.79 Å². The molecule has 0 aliphatic heterocycles. The van der Waals surface area contributed by atoms with Crippen LogP contribution in [-0.2, 0) is 4.79 Å². The summed E-state index contributed by atoms with van der Waals surface area (Å²) < 4.78 is 0. The minimum Gasteiger partial charge on any atom is -0.311 e. The van der Waals surface area contributed by atoms with Crippen LogP contribution >= 0.6 is 0 Å². The van der Waals surface area contributed by atoms with Crippen molar-refractivity contribution in [1.29, 1.82) is 0 Å². The van der Waals surface area contributed by atoms with Gasteiger partial charge in [-0.2, -0.15) is 0 Å². The molecule has 0 bridgehead atoms. The van der Waals surface area contributed by atoms with Gasteiger partial charge in [0.15, 0.2) is 0 Å². The third kappa shape index (κ3) is 4.95. The fourth-order valence-corrected chi connectivity index (χ4v) is 3.54. The molecule has 0 aromatic heterocycles. The van der Waals surface area contributed by atoms with Gasteiger partial charge in [-0.1, -0.05) is 55.5 Å². The van der Waals surface area contributed by atoms with Crippen molar-refractivity contribution in [2.75, 3.05) is 32.1 Å². The molecule has 2 aromatic carbocycles. The first-order valence-corrected chi connectivity index (χ1v) is 9.53. The maximum atomic E-state index is 13.6. The summed E-state index contributed by atoms with van der Waals surface area (Å²) in [5, 5.41) is 0. The molecular weight excluding hydrogens is 320 g/mol. The molecule has 1 atom stereocenters. The summed E-state index contributed by atoms with van der Waals surface area (Å²) in [7, 11) is 4.15. The Morgan fingerprint density at radius 1 is 0.923 bits per heavy atom. The first-order valence-electron chi connectivity index (χ1n) is 9.53. The van der Waals surface area contributed by atoms with E-state index in [9.17, 15) is 4.79 Å². The van der Waals surface area contributed by atoms with Crippen LogP contribution in [0.5, 0.6) is 0 Å². The average molecular weight is 353 g/mol. The van der Waals surface area contributed by atoms with Crippen molar-refractivity contribution in [3.8, 4) is 0 Å². The number of hydrogen-bond donors (Lipinski definition) is 0. The zero-order valence-corrected chi connectivity index (χ0v) is 16.8. The largest absolute Gasteiger partial charge is 0.311 e. The number of nitrogens with zero attached hydrogens (tertiary/aromatic N) is 2. The summed E-state index contributed by atoms with van der Waals surface area (Å²) in [6.07, 6.45) is 1.76. The Bertz CT molecular complexity index is 689. The number of amides is 1. The molecule has 2 aromatic rings. The van der Waals surface area contributed by atoms with E-state index in [0.29, 0.717) is 0 Å². The summed E-state index contributed by atoms with van der Waals surface area (Å²) in [4.78, 5) is 17.8. The van der Waals surface area contributed by atoms with Crippen LogP contribution in [0.3, 0.4) is 0 Å². The highest BCUT2D eigenvalue weighted by atomic mass is 16.2. The van der Waals surface area contributed by atoms with Crippen LogP contribution in [-0.4, -0.2) is 38.0 Å². The van der Waals surface area contributed by atoms with Crippen LogP contribution in [0, 0.1) is 13.8 Å². The number of hydrogen-bond acceptors (Lipinski definition) is 2. The van der Waals surface area contributed by atoms with Gasteiger partial charge in [0.2, 0.25) is 5.91 Å². The van der Waals surface area contributed by atoms with Gasteiger partial charge in [0.05, 0.1) is 5.92 Å². The molecular formula is C23H32N2O. The minimum atomic E-state index is -0.102. The fourth-order valence-electron chi connectivity index (χ4n) is 3.54. The van der Waals surface area contributed by atoms with Gasteiger partial charge < -0.3 is 9.80 Å². The van der Waals surface area contributed by atoms with Gasteiger partial charge >= 0.3 is 0 Å². The summed E-state index contributed by atoms with van der Waals surface area (Å²) in [5.74, 6) is 0.101. The number of anilines is 1. The van der Waals surface area contributed by atoms with Crippen LogP contribution in [0.1, 0.15) is 42.4 Å². The molecule has 0 aliphatic rings. The second-order valence-electron chi connectivity index (χ2n) is 7.26. The predicted octanol–water partition coefficient (Wildman–Crippen LogP) is 4.78. The molecule has 1 amide bonds. The number of aryl methyl sites for hydroxylation is 2. The first-order chi connectivity index (χ1) is 12.5. The normalized spacial score (nSPS) is 12.2. The topological polar surface area (TPSA) is 23.6 Å². The molecule has 0 spiro atoms.